The number of hydrogen-bond acceptors (Lipinski definition) is 3. The Balaban J connectivity index is 2.04. The molecule has 0 saturated heterocycles. The fraction of sp³-hybridized carbons (Fsp3) is 0.286. The molecule has 0 unspecified atom stereocenters. The van der Waals surface area contributed by atoms with Crippen molar-refractivity contribution in [3.05, 3.63) is 77.2 Å². The van der Waals surface area contributed by atoms with Crippen molar-refractivity contribution in [2.45, 2.75) is 49.8 Å². The number of rotatable bonds is 6. The smallest absolute Gasteiger partial charge is 0.0837 e. The van der Waals surface area contributed by atoms with Gasteiger partial charge in [-0.3, -0.25) is 4.98 Å². The summed E-state index contributed by atoms with van der Waals surface area (Å²) in [4.78, 5) is 5.23. The van der Waals surface area contributed by atoms with E-state index in [9.17, 15) is 5.11 Å². The van der Waals surface area contributed by atoms with Gasteiger partial charge in [0.1, 0.15) is 0 Å². The van der Waals surface area contributed by atoms with E-state index in [2.05, 4.69) is 54.6 Å². The number of aliphatic hydroxyl groups is 1. The molecule has 0 aliphatic carbocycles. The predicted molar refractivity (Wildman–Crippen MR) is 103 cm³/mol. The van der Waals surface area contributed by atoms with Crippen LogP contribution in [0.3, 0.4) is 0 Å². The molecule has 130 valence electrons. The molecule has 0 atom stereocenters. The van der Waals surface area contributed by atoms with Crippen molar-refractivity contribution in [1.29, 1.82) is 0 Å². The maximum Gasteiger partial charge on any atom is 0.0837 e. The molecule has 0 aliphatic heterocycles. The van der Waals surface area contributed by atoms with Gasteiger partial charge in [-0.2, -0.15) is 0 Å². The summed E-state index contributed by atoms with van der Waals surface area (Å²) in [6.45, 7) is 7.51. The molecule has 2 aromatic heterocycles. The van der Waals surface area contributed by atoms with Crippen LogP contribution in [-0.2, 0) is 13.2 Å². The second-order valence-electron chi connectivity index (χ2n) is 6.51. The summed E-state index contributed by atoms with van der Waals surface area (Å²) in [5.41, 5.74) is 4.81. The Labute approximate surface area is 153 Å². The van der Waals surface area contributed by atoms with E-state index in [1.165, 1.54) is 21.8 Å². The number of benzene rings is 1. The predicted octanol–water partition coefficient (Wildman–Crippen LogP) is 5.01. The zero-order valence-corrected chi connectivity index (χ0v) is 15.8. The zero-order chi connectivity index (χ0) is 17.8. The van der Waals surface area contributed by atoms with Crippen molar-refractivity contribution in [1.82, 2.24) is 9.55 Å². The topological polar surface area (TPSA) is 38.0 Å². The van der Waals surface area contributed by atoms with Crippen LogP contribution in [0.1, 0.15) is 42.1 Å². The van der Waals surface area contributed by atoms with Crippen LogP contribution >= 0.6 is 11.8 Å². The van der Waals surface area contributed by atoms with Gasteiger partial charge < -0.3 is 9.67 Å². The standard InChI is InChI=1S/C21H24N2OS/c1-15(2)19-12-16(3)23(13-17-8-10-22-11-9-17)21(19)25-20-7-5-4-6-18(20)14-24/h4-12,15,24H,13-14H2,1-3H3. The lowest BCUT2D eigenvalue weighted by Crippen LogP contribution is -2.04. The number of aromatic nitrogens is 2. The van der Waals surface area contributed by atoms with E-state index >= 15 is 0 Å². The third-order valence-corrected chi connectivity index (χ3v) is 5.61. The first kappa shape index (κ1) is 17.8. The molecule has 1 aromatic carbocycles. The second-order valence-corrected chi connectivity index (χ2v) is 7.54. The average Bonchev–Trinajstić information content (AvgIpc) is 2.93. The molecule has 1 N–H and O–H groups in total. The molecule has 25 heavy (non-hydrogen) atoms. The number of aryl methyl sites for hydroxylation is 1. The van der Waals surface area contributed by atoms with Crippen LogP contribution in [0.2, 0.25) is 0 Å². The molecule has 0 amide bonds. The SMILES string of the molecule is Cc1cc(C(C)C)c(Sc2ccccc2CO)n1Cc1ccncc1. The highest BCUT2D eigenvalue weighted by atomic mass is 32.2. The molecule has 0 saturated carbocycles. The molecule has 3 nitrogen and oxygen atoms in total. The summed E-state index contributed by atoms with van der Waals surface area (Å²) in [6.07, 6.45) is 3.68. The van der Waals surface area contributed by atoms with E-state index in [1.54, 1.807) is 11.8 Å². The highest BCUT2D eigenvalue weighted by Crippen LogP contribution is 2.38. The molecule has 2 heterocycles. The molecule has 0 radical (unpaired) electrons. The van der Waals surface area contributed by atoms with Gasteiger partial charge in [-0.1, -0.05) is 43.8 Å². The lowest BCUT2D eigenvalue weighted by atomic mass is 10.1. The van der Waals surface area contributed by atoms with Crippen LogP contribution in [0.5, 0.6) is 0 Å². The summed E-state index contributed by atoms with van der Waals surface area (Å²) in [6, 6.07) is 14.5. The molecule has 0 fully saturated rings. The first-order valence-corrected chi connectivity index (χ1v) is 9.37. The molecular weight excluding hydrogens is 328 g/mol. The van der Waals surface area contributed by atoms with Crippen LogP contribution in [0.4, 0.5) is 0 Å². The Morgan fingerprint density at radius 2 is 1.84 bits per heavy atom. The van der Waals surface area contributed by atoms with Crippen molar-refractivity contribution >= 4 is 11.8 Å². The summed E-state index contributed by atoms with van der Waals surface area (Å²) in [5.74, 6) is 0.446. The lowest BCUT2D eigenvalue weighted by molar-refractivity contribution is 0.279. The van der Waals surface area contributed by atoms with Gasteiger partial charge in [0, 0.05) is 29.5 Å². The van der Waals surface area contributed by atoms with Crippen LogP contribution in [0, 0.1) is 6.92 Å². The van der Waals surface area contributed by atoms with Gasteiger partial charge in [-0.15, -0.1) is 0 Å². The Bertz CT molecular complexity index is 840. The first-order valence-electron chi connectivity index (χ1n) is 8.55. The normalized spacial score (nSPS) is 11.2. The number of aliphatic hydroxyl groups excluding tert-OH is 1. The van der Waals surface area contributed by atoms with Crippen LogP contribution in [0.15, 0.2) is 64.8 Å². The molecule has 3 rings (SSSR count). The van der Waals surface area contributed by atoms with Gasteiger partial charge in [0.25, 0.3) is 0 Å². The quantitative estimate of drug-likeness (QED) is 0.678. The summed E-state index contributed by atoms with van der Waals surface area (Å²) in [7, 11) is 0. The average molecular weight is 353 g/mol. The van der Waals surface area contributed by atoms with E-state index in [0.29, 0.717) is 5.92 Å². The van der Waals surface area contributed by atoms with Crippen molar-refractivity contribution in [3.8, 4) is 0 Å². The molecule has 0 spiro atoms. The minimum atomic E-state index is 0.0598. The Morgan fingerprint density at radius 3 is 2.52 bits per heavy atom. The summed E-state index contributed by atoms with van der Waals surface area (Å²) < 4.78 is 2.36. The van der Waals surface area contributed by atoms with E-state index < -0.39 is 0 Å². The maximum atomic E-state index is 9.66. The van der Waals surface area contributed by atoms with Gasteiger partial charge in [-0.25, -0.2) is 0 Å². The molecule has 3 aromatic rings. The monoisotopic (exact) mass is 352 g/mol. The van der Waals surface area contributed by atoms with Crippen molar-refractivity contribution in [2.75, 3.05) is 0 Å². The van der Waals surface area contributed by atoms with Gasteiger partial charge in [-0.05, 0) is 53.8 Å². The zero-order valence-electron chi connectivity index (χ0n) is 14.9. The number of nitrogens with zero attached hydrogens (tertiary/aromatic N) is 2. The highest BCUT2D eigenvalue weighted by molar-refractivity contribution is 7.99. The Morgan fingerprint density at radius 1 is 1.12 bits per heavy atom. The van der Waals surface area contributed by atoms with E-state index in [1.807, 2.05) is 30.6 Å². The van der Waals surface area contributed by atoms with Crippen molar-refractivity contribution < 1.29 is 5.11 Å². The largest absolute Gasteiger partial charge is 0.392 e. The van der Waals surface area contributed by atoms with E-state index in [0.717, 1.165) is 17.0 Å². The third-order valence-electron chi connectivity index (χ3n) is 4.34. The second kappa shape index (κ2) is 7.89. The van der Waals surface area contributed by atoms with E-state index in [4.69, 9.17) is 0 Å². The lowest BCUT2D eigenvalue weighted by Gasteiger charge is -2.15. The van der Waals surface area contributed by atoms with Gasteiger partial charge in [0.05, 0.1) is 11.6 Å². The van der Waals surface area contributed by atoms with Crippen LogP contribution in [-0.4, -0.2) is 14.7 Å². The minimum absolute atomic E-state index is 0.0598. The molecular formula is C21H24N2OS. The van der Waals surface area contributed by atoms with Crippen LogP contribution < -0.4 is 0 Å². The minimum Gasteiger partial charge on any atom is -0.392 e. The van der Waals surface area contributed by atoms with Crippen molar-refractivity contribution in [3.63, 3.8) is 0 Å². The fourth-order valence-corrected chi connectivity index (χ4v) is 4.26. The van der Waals surface area contributed by atoms with Gasteiger partial charge in [0.15, 0.2) is 0 Å². The van der Waals surface area contributed by atoms with Gasteiger partial charge in [0.2, 0.25) is 0 Å². The fourth-order valence-electron chi connectivity index (χ4n) is 2.91. The molecule has 0 bridgehead atoms. The van der Waals surface area contributed by atoms with Gasteiger partial charge >= 0.3 is 0 Å². The number of hydrogen-bond donors (Lipinski definition) is 1. The molecule has 0 aliphatic rings. The third kappa shape index (κ3) is 3.97. The Kier molecular flexibility index (Phi) is 5.61. The summed E-state index contributed by atoms with van der Waals surface area (Å²) in [5, 5.41) is 10.9. The van der Waals surface area contributed by atoms with Crippen molar-refractivity contribution in [2.24, 2.45) is 0 Å². The summed E-state index contributed by atoms with van der Waals surface area (Å²) >= 11 is 1.75. The first-order chi connectivity index (χ1) is 12.1. The number of pyridine rings is 1. The maximum absolute atomic E-state index is 9.66. The van der Waals surface area contributed by atoms with Crippen LogP contribution in [0.25, 0.3) is 0 Å². The highest BCUT2D eigenvalue weighted by Gasteiger charge is 2.18. The molecule has 4 heteroatoms. The van der Waals surface area contributed by atoms with E-state index in [-0.39, 0.29) is 6.61 Å². The Hall–Kier alpha value is -2.04.